The van der Waals surface area contributed by atoms with E-state index in [1.807, 2.05) is 0 Å². The zero-order chi connectivity index (χ0) is 17.2. The van der Waals surface area contributed by atoms with Crippen LogP contribution in [0.2, 0.25) is 0 Å². The van der Waals surface area contributed by atoms with Gasteiger partial charge in [0.15, 0.2) is 0 Å². The van der Waals surface area contributed by atoms with E-state index in [2.05, 4.69) is 30.6 Å². The Bertz CT molecular complexity index is 636. The Balaban J connectivity index is 1.79. The summed E-state index contributed by atoms with van der Waals surface area (Å²) in [5.74, 6) is 0. The van der Waals surface area contributed by atoms with Gasteiger partial charge in [-0.05, 0) is 89.2 Å². The summed E-state index contributed by atoms with van der Waals surface area (Å²) in [4.78, 5) is 0. The molecule has 136 valence electrons. The van der Waals surface area contributed by atoms with Gasteiger partial charge in [0.2, 0.25) is 0 Å². The summed E-state index contributed by atoms with van der Waals surface area (Å²) in [5.41, 5.74) is 9.32. The summed E-state index contributed by atoms with van der Waals surface area (Å²) in [6.45, 7) is 6.67. The van der Waals surface area contributed by atoms with Gasteiger partial charge >= 0.3 is 0 Å². The van der Waals surface area contributed by atoms with Crippen molar-refractivity contribution >= 4 is 11.1 Å². The summed E-state index contributed by atoms with van der Waals surface area (Å²) in [6, 6.07) is 0. The standard InChI is InChI=1S/C23H33NO/c1-17-22(19-10-5-3-6-11-19)23(20-12-7-4-8-13-20)18(2)24(17)16-21-14-9-15-25-21/h10,12,21H,3-9,11,13-16H2,1-2H3/t21-/m0/s1. The second-order valence-corrected chi connectivity index (χ2v) is 8.12. The molecule has 2 heterocycles. The second-order valence-electron chi connectivity index (χ2n) is 8.12. The molecule has 0 saturated carbocycles. The van der Waals surface area contributed by atoms with Crippen LogP contribution in [-0.4, -0.2) is 17.3 Å². The summed E-state index contributed by atoms with van der Waals surface area (Å²) < 4.78 is 8.53. The molecule has 3 aliphatic rings. The maximum absolute atomic E-state index is 5.96. The Labute approximate surface area is 153 Å². The smallest absolute Gasteiger partial charge is 0.0754 e. The van der Waals surface area contributed by atoms with Crippen molar-refractivity contribution in [3.63, 3.8) is 0 Å². The van der Waals surface area contributed by atoms with Crippen molar-refractivity contribution in [3.05, 3.63) is 34.7 Å². The number of nitrogens with zero attached hydrogens (tertiary/aromatic N) is 1. The van der Waals surface area contributed by atoms with Crippen molar-refractivity contribution in [2.45, 2.75) is 90.7 Å². The molecule has 1 atom stereocenters. The Morgan fingerprint density at radius 3 is 1.92 bits per heavy atom. The minimum atomic E-state index is 0.408. The minimum Gasteiger partial charge on any atom is -0.376 e. The van der Waals surface area contributed by atoms with Crippen LogP contribution >= 0.6 is 0 Å². The van der Waals surface area contributed by atoms with Crippen molar-refractivity contribution in [1.29, 1.82) is 0 Å². The monoisotopic (exact) mass is 339 g/mol. The third-order valence-electron chi connectivity index (χ3n) is 6.42. The fraction of sp³-hybridized carbons (Fsp3) is 0.652. The van der Waals surface area contributed by atoms with Crippen LogP contribution in [0.25, 0.3) is 11.1 Å². The molecule has 1 saturated heterocycles. The van der Waals surface area contributed by atoms with Crippen LogP contribution < -0.4 is 0 Å². The Morgan fingerprint density at radius 1 is 0.880 bits per heavy atom. The number of hydrogen-bond donors (Lipinski definition) is 0. The molecule has 2 heteroatoms. The maximum Gasteiger partial charge on any atom is 0.0754 e. The lowest BCUT2D eigenvalue weighted by Crippen LogP contribution is -2.17. The highest BCUT2D eigenvalue weighted by atomic mass is 16.5. The average Bonchev–Trinajstić information content (AvgIpc) is 3.25. The molecule has 2 nitrogen and oxygen atoms in total. The van der Waals surface area contributed by atoms with Crippen LogP contribution in [0.15, 0.2) is 12.2 Å². The zero-order valence-electron chi connectivity index (χ0n) is 16.1. The predicted molar refractivity (Wildman–Crippen MR) is 106 cm³/mol. The van der Waals surface area contributed by atoms with Gasteiger partial charge in [-0.1, -0.05) is 12.2 Å². The van der Waals surface area contributed by atoms with E-state index in [1.165, 1.54) is 75.6 Å². The largest absolute Gasteiger partial charge is 0.376 e. The van der Waals surface area contributed by atoms with E-state index in [0.29, 0.717) is 6.10 Å². The van der Waals surface area contributed by atoms with E-state index in [9.17, 15) is 0 Å². The first-order chi connectivity index (χ1) is 12.3. The van der Waals surface area contributed by atoms with Gasteiger partial charge < -0.3 is 9.30 Å². The fourth-order valence-corrected chi connectivity index (χ4v) is 5.07. The van der Waals surface area contributed by atoms with E-state index in [4.69, 9.17) is 4.74 Å². The van der Waals surface area contributed by atoms with Gasteiger partial charge in [-0.3, -0.25) is 0 Å². The van der Waals surface area contributed by atoms with Crippen LogP contribution in [0.5, 0.6) is 0 Å². The van der Waals surface area contributed by atoms with Crippen LogP contribution in [0, 0.1) is 13.8 Å². The van der Waals surface area contributed by atoms with Crippen LogP contribution in [0.1, 0.15) is 86.7 Å². The van der Waals surface area contributed by atoms with Gasteiger partial charge in [-0.15, -0.1) is 0 Å². The van der Waals surface area contributed by atoms with Gasteiger partial charge in [-0.2, -0.15) is 0 Å². The topological polar surface area (TPSA) is 14.2 Å². The SMILES string of the molecule is Cc1c(C2=CCCCC2)c(C2=CCCCC2)c(C)n1C[C@@H]1CCCO1. The van der Waals surface area contributed by atoms with Gasteiger partial charge in [-0.25, -0.2) is 0 Å². The van der Waals surface area contributed by atoms with Gasteiger partial charge in [0.1, 0.15) is 0 Å². The molecule has 1 aliphatic heterocycles. The van der Waals surface area contributed by atoms with Crippen LogP contribution in [0.3, 0.4) is 0 Å². The van der Waals surface area contributed by atoms with Crippen molar-refractivity contribution in [2.75, 3.05) is 6.61 Å². The molecule has 0 radical (unpaired) electrons. The van der Waals surface area contributed by atoms with Crippen LogP contribution in [-0.2, 0) is 11.3 Å². The number of ether oxygens (including phenoxy) is 1. The highest BCUT2D eigenvalue weighted by Gasteiger charge is 2.26. The minimum absolute atomic E-state index is 0.408. The molecule has 0 amide bonds. The average molecular weight is 340 g/mol. The molecular weight excluding hydrogens is 306 g/mol. The molecule has 1 aromatic rings. The predicted octanol–water partition coefficient (Wildman–Crippen LogP) is 6.20. The molecule has 0 aromatic carbocycles. The first kappa shape index (κ1) is 17.1. The summed E-state index contributed by atoms with van der Waals surface area (Å²) in [5, 5.41) is 0. The second kappa shape index (κ2) is 7.53. The molecule has 2 aliphatic carbocycles. The molecule has 0 N–H and O–H groups in total. The summed E-state index contributed by atoms with van der Waals surface area (Å²) in [7, 11) is 0. The number of allylic oxidation sites excluding steroid dienone is 4. The Morgan fingerprint density at radius 2 is 1.48 bits per heavy atom. The molecule has 1 aromatic heterocycles. The maximum atomic E-state index is 5.96. The molecule has 0 bridgehead atoms. The third kappa shape index (κ3) is 3.38. The number of rotatable bonds is 4. The lowest BCUT2D eigenvalue weighted by molar-refractivity contribution is 0.0961. The van der Waals surface area contributed by atoms with E-state index in [-0.39, 0.29) is 0 Å². The highest BCUT2D eigenvalue weighted by Crippen LogP contribution is 2.41. The molecule has 25 heavy (non-hydrogen) atoms. The number of hydrogen-bond acceptors (Lipinski definition) is 1. The van der Waals surface area contributed by atoms with Crippen molar-refractivity contribution in [2.24, 2.45) is 0 Å². The van der Waals surface area contributed by atoms with Crippen molar-refractivity contribution < 1.29 is 4.74 Å². The Hall–Kier alpha value is -1.28. The van der Waals surface area contributed by atoms with E-state index < -0.39 is 0 Å². The molecular formula is C23H33NO. The Kier molecular flexibility index (Phi) is 5.17. The normalized spacial score (nSPS) is 24.3. The molecule has 0 spiro atoms. The first-order valence-electron chi connectivity index (χ1n) is 10.5. The van der Waals surface area contributed by atoms with Crippen molar-refractivity contribution in [3.8, 4) is 0 Å². The molecule has 4 rings (SSSR count). The quantitative estimate of drug-likeness (QED) is 0.637. The lowest BCUT2D eigenvalue weighted by atomic mass is 9.85. The van der Waals surface area contributed by atoms with Gasteiger partial charge in [0, 0.05) is 35.7 Å². The molecule has 0 unspecified atom stereocenters. The third-order valence-corrected chi connectivity index (χ3v) is 6.42. The van der Waals surface area contributed by atoms with Crippen molar-refractivity contribution in [1.82, 2.24) is 4.57 Å². The van der Waals surface area contributed by atoms with Gasteiger partial charge in [0.05, 0.1) is 6.10 Å². The highest BCUT2D eigenvalue weighted by molar-refractivity contribution is 5.83. The van der Waals surface area contributed by atoms with Crippen LogP contribution in [0.4, 0.5) is 0 Å². The zero-order valence-corrected chi connectivity index (χ0v) is 16.1. The molecule has 1 fully saturated rings. The van der Waals surface area contributed by atoms with E-state index in [1.54, 1.807) is 22.3 Å². The van der Waals surface area contributed by atoms with E-state index >= 15 is 0 Å². The summed E-state index contributed by atoms with van der Waals surface area (Å²) >= 11 is 0. The fourth-order valence-electron chi connectivity index (χ4n) is 5.07. The summed E-state index contributed by atoms with van der Waals surface area (Å²) in [6.07, 6.45) is 18.3. The van der Waals surface area contributed by atoms with Gasteiger partial charge in [0.25, 0.3) is 0 Å². The number of aromatic nitrogens is 1. The first-order valence-corrected chi connectivity index (χ1v) is 10.5. The van der Waals surface area contributed by atoms with E-state index in [0.717, 1.165) is 13.2 Å². The lowest BCUT2D eigenvalue weighted by Gasteiger charge is -2.18.